The van der Waals surface area contributed by atoms with Crippen molar-refractivity contribution in [2.24, 2.45) is 5.41 Å². The van der Waals surface area contributed by atoms with Gasteiger partial charge in [0.1, 0.15) is 11.3 Å². The van der Waals surface area contributed by atoms with Gasteiger partial charge in [-0.1, -0.05) is 20.8 Å². The summed E-state index contributed by atoms with van der Waals surface area (Å²) in [5.74, 6) is -0.338. The van der Waals surface area contributed by atoms with E-state index >= 15 is 0 Å². The third-order valence-electron chi connectivity index (χ3n) is 3.98. The van der Waals surface area contributed by atoms with E-state index in [0.29, 0.717) is 28.0 Å². The van der Waals surface area contributed by atoms with E-state index in [-0.39, 0.29) is 22.9 Å². The van der Waals surface area contributed by atoms with Gasteiger partial charge in [0, 0.05) is 17.2 Å². The van der Waals surface area contributed by atoms with Gasteiger partial charge in [-0.3, -0.25) is 9.59 Å². The van der Waals surface area contributed by atoms with E-state index < -0.39 is 5.41 Å². The molecule has 0 aliphatic heterocycles. The van der Waals surface area contributed by atoms with E-state index in [2.05, 4.69) is 15.0 Å². The smallest absolute Gasteiger partial charge is 0.171 e. The number of Topliss-reactive ketones (excluding diaryl/α,β-unsaturated/α-hetero) is 2. The van der Waals surface area contributed by atoms with Crippen molar-refractivity contribution in [3.63, 3.8) is 0 Å². The van der Waals surface area contributed by atoms with Crippen LogP contribution < -0.4 is 0 Å². The van der Waals surface area contributed by atoms with Gasteiger partial charge >= 0.3 is 0 Å². The molecule has 3 rings (SSSR count). The van der Waals surface area contributed by atoms with E-state index in [1.807, 2.05) is 20.8 Å². The molecule has 2 heterocycles. The fraction of sp³-hybridized carbons (Fsp3) is 0.263. The molecular weight excluding hydrogens is 318 g/mol. The monoisotopic (exact) mass is 337 g/mol. The first-order valence-electron chi connectivity index (χ1n) is 7.91. The van der Waals surface area contributed by atoms with Crippen LogP contribution in [-0.4, -0.2) is 31.6 Å². The Hall–Kier alpha value is -3.02. The molecule has 25 heavy (non-hydrogen) atoms. The Kier molecular flexibility index (Phi) is 3.91. The molecule has 0 bridgehead atoms. The van der Waals surface area contributed by atoms with E-state index in [4.69, 9.17) is 0 Å². The number of aromatic nitrogens is 3. The molecule has 6 nitrogen and oxygen atoms in total. The van der Waals surface area contributed by atoms with Crippen LogP contribution in [0, 0.1) is 5.41 Å². The second kappa shape index (κ2) is 5.81. The maximum atomic E-state index is 12.6. The number of ketones is 2. The number of phenols is 1. The predicted molar refractivity (Wildman–Crippen MR) is 94.8 cm³/mol. The molecule has 0 spiro atoms. The van der Waals surface area contributed by atoms with Gasteiger partial charge in [0.05, 0.1) is 23.0 Å². The van der Waals surface area contributed by atoms with Crippen molar-refractivity contribution >= 4 is 22.7 Å². The largest absolute Gasteiger partial charge is 0.507 e. The molecule has 3 aromatic rings. The van der Waals surface area contributed by atoms with Crippen LogP contribution in [0.4, 0.5) is 0 Å². The zero-order valence-corrected chi connectivity index (χ0v) is 14.5. The summed E-state index contributed by atoms with van der Waals surface area (Å²) in [5, 5.41) is 9.79. The number of aromatic hydroxyl groups is 1. The van der Waals surface area contributed by atoms with E-state index in [1.54, 1.807) is 24.5 Å². The van der Waals surface area contributed by atoms with Crippen LogP contribution in [-0.2, 0) is 0 Å². The summed E-state index contributed by atoms with van der Waals surface area (Å²) in [5.41, 5.74) is 2.37. The Morgan fingerprint density at radius 3 is 2.52 bits per heavy atom. The molecule has 0 radical (unpaired) electrons. The van der Waals surface area contributed by atoms with Gasteiger partial charge in [-0.15, -0.1) is 0 Å². The van der Waals surface area contributed by atoms with Crippen molar-refractivity contribution in [3.05, 3.63) is 41.7 Å². The quantitative estimate of drug-likeness (QED) is 0.709. The number of fused-ring (bicyclic) bond motifs is 1. The highest BCUT2D eigenvalue weighted by Gasteiger charge is 2.26. The van der Waals surface area contributed by atoms with Crippen molar-refractivity contribution in [1.82, 2.24) is 15.0 Å². The molecule has 0 saturated carbocycles. The Morgan fingerprint density at radius 2 is 1.88 bits per heavy atom. The van der Waals surface area contributed by atoms with Gasteiger partial charge in [0.15, 0.2) is 17.2 Å². The summed E-state index contributed by atoms with van der Waals surface area (Å²) in [6.45, 7) is 6.94. The fourth-order valence-corrected chi connectivity index (χ4v) is 2.58. The summed E-state index contributed by atoms with van der Waals surface area (Å²) in [6.07, 6.45) is 3.19. The maximum absolute atomic E-state index is 12.6. The molecular formula is C19H19N3O3. The third kappa shape index (κ3) is 3.03. The van der Waals surface area contributed by atoms with Crippen LogP contribution >= 0.6 is 0 Å². The molecule has 0 saturated heterocycles. The summed E-state index contributed by atoms with van der Waals surface area (Å²) < 4.78 is 0. The zero-order valence-electron chi connectivity index (χ0n) is 14.5. The number of nitrogens with zero attached hydrogens (tertiary/aromatic N) is 2. The second-order valence-electron chi connectivity index (χ2n) is 7.02. The number of rotatable bonds is 3. The summed E-state index contributed by atoms with van der Waals surface area (Å²) in [6, 6.07) is 4.69. The lowest BCUT2D eigenvalue weighted by Crippen LogP contribution is -2.20. The van der Waals surface area contributed by atoms with Gasteiger partial charge in [-0.25, -0.2) is 9.97 Å². The first kappa shape index (κ1) is 16.8. The van der Waals surface area contributed by atoms with Crippen molar-refractivity contribution in [2.45, 2.75) is 27.7 Å². The molecule has 0 fully saturated rings. The van der Waals surface area contributed by atoms with Crippen LogP contribution in [0.25, 0.3) is 22.4 Å². The molecule has 1 aromatic carbocycles. The average Bonchev–Trinajstić information content (AvgIpc) is 2.96. The van der Waals surface area contributed by atoms with E-state index in [9.17, 15) is 14.7 Å². The minimum atomic E-state index is -0.535. The van der Waals surface area contributed by atoms with Crippen molar-refractivity contribution in [2.75, 3.05) is 0 Å². The molecule has 128 valence electrons. The first-order valence-corrected chi connectivity index (χ1v) is 7.91. The zero-order chi connectivity index (χ0) is 18.4. The normalized spacial score (nSPS) is 11.7. The highest BCUT2D eigenvalue weighted by molar-refractivity contribution is 6.08. The van der Waals surface area contributed by atoms with Gasteiger partial charge in [0.25, 0.3) is 0 Å². The number of hydrogen-bond donors (Lipinski definition) is 2. The van der Waals surface area contributed by atoms with Gasteiger partial charge < -0.3 is 10.1 Å². The Morgan fingerprint density at radius 1 is 1.16 bits per heavy atom. The molecule has 2 N–H and O–H groups in total. The van der Waals surface area contributed by atoms with Crippen molar-refractivity contribution in [1.29, 1.82) is 0 Å². The number of phenolic OH excluding ortho intramolecular Hbond substituents is 1. The molecule has 2 aromatic heterocycles. The van der Waals surface area contributed by atoms with E-state index in [0.717, 1.165) is 0 Å². The Bertz CT molecular complexity index is 997. The number of aromatic amines is 1. The molecule has 0 atom stereocenters. The Labute approximate surface area is 144 Å². The number of nitrogens with one attached hydrogen (secondary N) is 1. The summed E-state index contributed by atoms with van der Waals surface area (Å²) in [4.78, 5) is 36.1. The number of carbonyl (C=O) groups excluding carboxylic acids is 2. The minimum absolute atomic E-state index is 0.0275. The highest BCUT2D eigenvalue weighted by atomic mass is 16.3. The van der Waals surface area contributed by atoms with E-state index in [1.165, 1.54) is 13.0 Å². The minimum Gasteiger partial charge on any atom is -0.507 e. The third-order valence-corrected chi connectivity index (χ3v) is 3.98. The maximum Gasteiger partial charge on any atom is 0.171 e. The van der Waals surface area contributed by atoms with Crippen LogP contribution in [0.3, 0.4) is 0 Å². The summed E-state index contributed by atoms with van der Waals surface area (Å²) in [7, 11) is 0. The molecule has 0 aliphatic carbocycles. The number of carbonyl (C=O) groups is 2. The predicted octanol–water partition coefficient (Wildman–Crippen LogP) is 3.76. The van der Waals surface area contributed by atoms with Gasteiger partial charge in [0.2, 0.25) is 0 Å². The number of benzene rings is 1. The lowest BCUT2D eigenvalue weighted by Gasteiger charge is -2.15. The number of hydrogen-bond acceptors (Lipinski definition) is 5. The van der Waals surface area contributed by atoms with Crippen LogP contribution in [0.2, 0.25) is 0 Å². The fourth-order valence-electron chi connectivity index (χ4n) is 2.58. The van der Waals surface area contributed by atoms with Gasteiger partial charge in [-0.05, 0) is 25.1 Å². The summed E-state index contributed by atoms with van der Waals surface area (Å²) >= 11 is 0. The van der Waals surface area contributed by atoms with Crippen molar-refractivity contribution in [3.8, 4) is 17.0 Å². The van der Waals surface area contributed by atoms with Crippen LogP contribution in [0.15, 0.2) is 30.6 Å². The Balaban J connectivity index is 2.15. The molecule has 0 amide bonds. The molecule has 6 heteroatoms. The average molecular weight is 337 g/mol. The lowest BCUT2D eigenvalue weighted by atomic mass is 9.87. The highest BCUT2D eigenvalue weighted by Crippen LogP contribution is 2.28. The number of H-pyrrole nitrogens is 1. The molecule has 0 unspecified atom stereocenters. The standard InChI is InChI=1S/C19H19N3O3/c1-10(23)12-7-11(5-6-15(12)24)14-9-21-18-16(22-14)13(8-20-18)17(25)19(2,3)4/h5-9,24H,1-4H3,(H,20,21). The van der Waals surface area contributed by atoms with Gasteiger partial charge in [-0.2, -0.15) is 0 Å². The lowest BCUT2D eigenvalue weighted by molar-refractivity contribution is 0.0859. The second-order valence-corrected chi connectivity index (χ2v) is 7.02. The van der Waals surface area contributed by atoms with Crippen LogP contribution in [0.1, 0.15) is 48.4 Å². The first-order chi connectivity index (χ1) is 11.7. The van der Waals surface area contributed by atoms with Crippen LogP contribution in [0.5, 0.6) is 5.75 Å². The van der Waals surface area contributed by atoms with Crippen molar-refractivity contribution < 1.29 is 14.7 Å². The topological polar surface area (TPSA) is 95.9 Å². The SMILES string of the molecule is CC(=O)c1cc(-c2cnc3[nH]cc(C(=O)C(C)(C)C)c3n2)ccc1O. The molecule has 0 aliphatic rings.